The Hall–Kier alpha value is -3.61. The fourth-order valence-corrected chi connectivity index (χ4v) is 4.15. The smallest absolute Gasteiger partial charge is 0.246 e. The summed E-state index contributed by atoms with van der Waals surface area (Å²) in [6.45, 7) is 8.26. The van der Waals surface area contributed by atoms with E-state index in [-0.39, 0.29) is 18.4 Å². The Bertz CT molecular complexity index is 1080. The van der Waals surface area contributed by atoms with E-state index in [9.17, 15) is 4.79 Å². The van der Waals surface area contributed by atoms with Crippen molar-refractivity contribution in [3.63, 3.8) is 0 Å². The molecule has 33 heavy (non-hydrogen) atoms. The number of carbonyl (C=O) groups excluding carboxylic acids is 1. The van der Waals surface area contributed by atoms with E-state index in [0.29, 0.717) is 24.8 Å². The Balaban J connectivity index is 1.44. The average Bonchev–Trinajstić information content (AvgIpc) is 3.32. The molecule has 1 aliphatic rings. The molecule has 0 saturated carbocycles. The molecule has 0 aliphatic carbocycles. The van der Waals surface area contributed by atoms with Crippen molar-refractivity contribution in [2.24, 2.45) is 5.92 Å². The number of hydrogen-bond donors (Lipinski definition) is 0. The normalized spacial score (nSPS) is 15.8. The van der Waals surface area contributed by atoms with Crippen LogP contribution in [0, 0.1) is 12.8 Å². The number of amides is 1. The minimum absolute atomic E-state index is 0.0796. The number of piperidine rings is 1. The molecule has 0 bridgehead atoms. The zero-order chi connectivity index (χ0) is 23.2. The van der Waals surface area contributed by atoms with E-state index in [0.717, 1.165) is 36.4 Å². The van der Waals surface area contributed by atoms with Crippen molar-refractivity contribution in [3.05, 3.63) is 72.6 Å². The maximum absolute atomic E-state index is 13.4. The van der Waals surface area contributed by atoms with Gasteiger partial charge in [-0.2, -0.15) is 4.98 Å². The van der Waals surface area contributed by atoms with E-state index < -0.39 is 0 Å². The average molecular weight is 447 g/mol. The lowest BCUT2D eigenvalue weighted by molar-refractivity contribution is -0.136. The van der Waals surface area contributed by atoms with Crippen LogP contribution in [0.25, 0.3) is 11.4 Å². The Morgan fingerprint density at radius 3 is 2.70 bits per heavy atom. The molecule has 0 radical (unpaired) electrons. The molecule has 1 atom stereocenters. The van der Waals surface area contributed by atoms with Crippen molar-refractivity contribution in [2.75, 3.05) is 31.6 Å². The van der Waals surface area contributed by atoms with E-state index >= 15 is 0 Å². The number of nitrogens with zero attached hydrogens (tertiary/aromatic N) is 4. The van der Waals surface area contributed by atoms with Gasteiger partial charge in [-0.05, 0) is 56.2 Å². The predicted molar refractivity (Wildman–Crippen MR) is 128 cm³/mol. The van der Waals surface area contributed by atoms with Gasteiger partial charge in [0.2, 0.25) is 17.6 Å². The van der Waals surface area contributed by atoms with Crippen molar-refractivity contribution in [2.45, 2.75) is 26.3 Å². The third kappa shape index (κ3) is 5.42. The lowest BCUT2D eigenvalue weighted by Gasteiger charge is -2.35. The third-order valence-electron chi connectivity index (χ3n) is 5.97. The second-order valence-electron chi connectivity index (χ2n) is 8.37. The third-order valence-corrected chi connectivity index (χ3v) is 5.97. The van der Waals surface area contributed by atoms with E-state index in [4.69, 9.17) is 9.26 Å². The van der Waals surface area contributed by atoms with Crippen LogP contribution in [0.15, 0.2) is 65.7 Å². The monoisotopic (exact) mass is 446 g/mol. The highest BCUT2D eigenvalue weighted by Gasteiger charge is 2.30. The zero-order valence-electron chi connectivity index (χ0n) is 19.2. The molecular weight excluding hydrogens is 416 g/mol. The number of ether oxygens (including phenoxy) is 1. The van der Waals surface area contributed by atoms with Crippen LogP contribution in [0.4, 0.5) is 5.69 Å². The summed E-state index contributed by atoms with van der Waals surface area (Å²) in [6, 6.07) is 15.9. The van der Waals surface area contributed by atoms with Crippen LogP contribution in [0.5, 0.6) is 5.75 Å². The minimum atomic E-state index is -0.0796. The number of aromatic nitrogens is 2. The van der Waals surface area contributed by atoms with Gasteiger partial charge < -0.3 is 19.1 Å². The summed E-state index contributed by atoms with van der Waals surface area (Å²) >= 11 is 0. The number of benzene rings is 2. The molecule has 172 valence electrons. The van der Waals surface area contributed by atoms with Gasteiger partial charge in [0.1, 0.15) is 12.3 Å². The molecule has 1 saturated heterocycles. The van der Waals surface area contributed by atoms with Crippen LogP contribution in [0.2, 0.25) is 0 Å². The van der Waals surface area contributed by atoms with Gasteiger partial charge in [0.15, 0.2) is 0 Å². The molecule has 2 aromatic carbocycles. The summed E-state index contributed by atoms with van der Waals surface area (Å²) in [6.07, 6.45) is 3.59. The van der Waals surface area contributed by atoms with E-state index in [2.05, 4.69) is 52.8 Å². The van der Waals surface area contributed by atoms with Crippen LogP contribution < -0.4 is 9.64 Å². The Morgan fingerprint density at radius 1 is 1.24 bits per heavy atom. The molecule has 2 heterocycles. The number of carbonyl (C=O) groups is 1. The lowest BCUT2D eigenvalue weighted by atomic mass is 9.95. The Kier molecular flexibility index (Phi) is 7.07. The lowest BCUT2D eigenvalue weighted by Crippen LogP contribution is -2.44. The molecule has 4 rings (SSSR count). The highest BCUT2D eigenvalue weighted by molar-refractivity contribution is 5.80. The van der Waals surface area contributed by atoms with Crippen LogP contribution in [-0.2, 0) is 11.3 Å². The summed E-state index contributed by atoms with van der Waals surface area (Å²) < 4.78 is 10.7. The summed E-state index contributed by atoms with van der Waals surface area (Å²) in [7, 11) is 1.62. The molecule has 7 nitrogen and oxygen atoms in total. The largest absolute Gasteiger partial charge is 0.497 e. The topological polar surface area (TPSA) is 71.7 Å². The first-order valence-corrected chi connectivity index (χ1v) is 11.3. The first-order chi connectivity index (χ1) is 16.1. The molecule has 1 aromatic heterocycles. The summed E-state index contributed by atoms with van der Waals surface area (Å²) in [5.41, 5.74) is 3.22. The first-order valence-electron chi connectivity index (χ1n) is 11.3. The second kappa shape index (κ2) is 10.3. The Morgan fingerprint density at radius 2 is 2.00 bits per heavy atom. The molecule has 0 N–H and O–H groups in total. The zero-order valence-corrected chi connectivity index (χ0v) is 19.2. The predicted octanol–water partition coefficient (Wildman–Crippen LogP) is 4.48. The van der Waals surface area contributed by atoms with Crippen LogP contribution in [-0.4, -0.2) is 47.7 Å². The summed E-state index contributed by atoms with van der Waals surface area (Å²) in [4.78, 5) is 22.0. The summed E-state index contributed by atoms with van der Waals surface area (Å²) in [5.74, 6) is 1.67. The van der Waals surface area contributed by atoms with Crippen molar-refractivity contribution in [1.82, 2.24) is 15.0 Å². The minimum Gasteiger partial charge on any atom is -0.497 e. The standard InChI is InChI=1S/C26H30N4O3/c1-4-15-30(18-24-27-25(28-33-24)20-9-13-23(32-3)14-10-20)26(31)21-6-5-16-29(17-21)22-11-7-19(2)8-12-22/h4,7-14,21H,1,5-6,15-18H2,2-3H3/t21-/m1/s1. The molecule has 7 heteroatoms. The number of anilines is 1. The van der Waals surface area contributed by atoms with Gasteiger partial charge in [0, 0.05) is 30.9 Å². The van der Waals surface area contributed by atoms with Gasteiger partial charge in [-0.15, -0.1) is 6.58 Å². The first kappa shape index (κ1) is 22.6. The number of methoxy groups -OCH3 is 1. The van der Waals surface area contributed by atoms with E-state index in [1.807, 2.05) is 24.3 Å². The van der Waals surface area contributed by atoms with Crippen LogP contribution >= 0.6 is 0 Å². The highest BCUT2D eigenvalue weighted by atomic mass is 16.5. The van der Waals surface area contributed by atoms with Gasteiger partial charge >= 0.3 is 0 Å². The Labute approximate surface area is 194 Å². The van der Waals surface area contributed by atoms with Crippen molar-refractivity contribution < 1.29 is 14.1 Å². The molecule has 3 aromatic rings. The fourth-order valence-electron chi connectivity index (χ4n) is 4.15. The van der Waals surface area contributed by atoms with Gasteiger partial charge in [-0.1, -0.05) is 28.9 Å². The van der Waals surface area contributed by atoms with Crippen LogP contribution in [0.1, 0.15) is 24.3 Å². The molecule has 0 spiro atoms. The second-order valence-corrected chi connectivity index (χ2v) is 8.37. The van der Waals surface area contributed by atoms with Gasteiger partial charge in [0.25, 0.3) is 0 Å². The fraction of sp³-hybridized carbons (Fsp3) is 0.346. The number of hydrogen-bond acceptors (Lipinski definition) is 6. The molecule has 1 aliphatic heterocycles. The van der Waals surface area contributed by atoms with Crippen molar-refractivity contribution >= 4 is 11.6 Å². The number of aryl methyl sites for hydroxylation is 1. The molecule has 1 fully saturated rings. The maximum atomic E-state index is 13.4. The van der Waals surface area contributed by atoms with E-state index in [1.54, 1.807) is 18.1 Å². The molecule has 1 amide bonds. The SMILES string of the molecule is C=CCN(Cc1nc(-c2ccc(OC)cc2)no1)C(=O)[C@@H]1CCCN(c2ccc(C)cc2)C1. The van der Waals surface area contributed by atoms with E-state index in [1.165, 1.54) is 5.56 Å². The van der Waals surface area contributed by atoms with Gasteiger partial charge in [-0.3, -0.25) is 4.79 Å². The van der Waals surface area contributed by atoms with Crippen molar-refractivity contribution in [1.29, 1.82) is 0 Å². The van der Waals surface area contributed by atoms with Gasteiger partial charge in [0.05, 0.1) is 13.0 Å². The van der Waals surface area contributed by atoms with Crippen LogP contribution in [0.3, 0.4) is 0 Å². The molecular formula is C26H30N4O3. The molecule has 0 unspecified atom stereocenters. The van der Waals surface area contributed by atoms with Gasteiger partial charge in [-0.25, -0.2) is 0 Å². The van der Waals surface area contributed by atoms with Crippen molar-refractivity contribution in [3.8, 4) is 17.1 Å². The maximum Gasteiger partial charge on any atom is 0.246 e. The highest BCUT2D eigenvalue weighted by Crippen LogP contribution is 2.26. The summed E-state index contributed by atoms with van der Waals surface area (Å²) in [5, 5.41) is 4.09. The quantitative estimate of drug-likeness (QED) is 0.475. The number of rotatable bonds is 8.